The summed E-state index contributed by atoms with van der Waals surface area (Å²) < 4.78 is 27.6. The van der Waals surface area contributed by atoms with E-state index in [1.54, 1.807) is 38.1 Å². The van der Waals surface area contributed by atoms with E-state index in [0.717, 1.165) is 0 Å². The number of nitrogens with zero attached hydrogens (tertiary/aromatic N) is 2. The van der Waals surface area contributed by atoms with Crippen LogP contribution in [-0.2, 0) is 14.8 Å². The lowest BCUT2D eigenvalue weighted by Gasteiger charge is -2.24. The Morgan fingerprint density at radius 2 is 1.76 bits per heavy atom. The summed E-state index contributed by atoms with van der Waals surface area (Å²) in [4.78, 5) is 27.0. The van der Waals surface area contributed by atoms with Gasteiger partial charge in [-0.25, -0.2) is 8.42 Å². The third-order valence-corrected chi connectivity index (χ3v) is 6.99. The molecule has 0 fully saturated rings. The highest BCUT2D eigenvalue weighted by Crippen LogP contribution is 2.40. The maximum atomic E-state index is 13.1. The van der Waals surface area contributed by atoms with E-state index in [1.165, 1.54) is 15.3 Å². The molecule has 1 aliphatic heterocycles. The summed E-state index contributed by atoms with van der Waals surface area (Å²) in [5, 5.41) is 3.93. The topological polar surface area (TPSA) is 86.8 Å². The van der Waals surface area contributed by atoms with Gasteiger partial charge in [-0.1, -0.05) is 26.0 Å². The molecule has 1 N–H and O–H groups in total. The summed E-state index contributed by atoms with van der Waals surface area (Å²) in [6, 6.07) is 8.22. The van der Waals surface area contributed by atoms with Crippen LogP contribution in [0.5, 0.6) is 0 Å². The van der Waals surface area contributed by atoms with Gasteiger partial charge >= 0.3 is 0 Å². The van der Waals surface area contributed by atoms with Gasteiger partial charge < -0.3 is 5.32 Å². The van der Waals surface area contributed by atoms with Crippen LogP contribution in [-0.4, -0.2) is 49.7 Å². The number of anilines is 1. The molecule has 0 aliphatic carbocycles. The minimum atomic E-state index is -3.69. The smallest absolute Gasteiger partial charge is 0.259 e. The molecular formula is C21H27N3O4S. The van der Waals surface area contributed by atoms with E-state index < -0.39 is 15.6 Å². The van der Waals surface area contributed by atoms with E-state index in [9.17, 15) is 18.0 Å². The highest BCUT2D eigenvalue weighted by Gasteiger charge is 2.34. The molecule has 0 aromatic heterocycles. The third-order valence-electron chi connectivity index (χ3n) is 4.88. The highest BCUT2D eigenvalue weighted by molar-refractivity contribution is 7.89. The predicted octanol–water partition coefficient (Wildman–Crippen LogP) is 2.75. The molecule has 0 atom stereocenters. The number of carbonyl (C=O) groups excluding carboxylic acids is 2. The van der Waals surface area contributed by atoms with E-state index in [4.69, 9.17) is 0 Å². The van der Waals surface area contributed by atoms with Crippen molar-refractivity contribution in [2.45, 2.75) is 45.1 Å². The Hall–Kier alpha value is -2.45. The first kappa shape index (κ1) is 21.3. The quantitative estimate of drug-likeness (QED) is 0.783. The van der Waals surface area contributed by atoms with Gasteiger partial charge in [-0.15, -0.1) is 0 Å². The predicted molar refractivity (Wildman–Crippen MR) is 114 cm³/mol. The molecule has 0 saturated carbocycles. The number of benzene rings is 2. The van der Waals surface area contributed by atoms with Crippen molar-refractivity contribution in [2.75, 3.05) is 24.5 Å². The third kappa shape index (κ3) is 3.74. The monoisotopic (exact) mass is 417 g/mol. The van der Waals surface area contributed by atoms with E-state index in [0.29, 0.717) is 35.1 Å². The summed E-state index contributed by atoms with van der Waals surface area (Å²) in [6.07, 6.45) is 0. The van der Waals surface area contributed by atoms with Crippen LogP contribution in [0.1, 0.15) is 45.0 Å². The number of amides is 2. The molecule has 0 bridgehead atoms. The molecule has 1 heterocycles. The molecule has 3 rings (SSSR count). The lowest BCUT2D eigenvalue weighted by molar-refractivity contribution is -0.121. The van der Waals surface area contributed by atoms with Gasteiger partial charge in [0.15, 0.2) is 0 Å². The molecule has 0 unspecified atom stereocenters. The molecule has 2 aromatic rings. The average Bonchev–Trinajstić information content (AvgIpc) is 2.88. The summed E-state index contributed by atoms with van der Waals surface area (Å²) in [5.41, 5.74) is 0.560. The number of hydrogen-bond acceptors (Lipinski definition) is 4. The molecule has 0 radical (unpaired) electrons. The second-order valence-electron chi connectivity index (χ2n) is 8.09. The van der Waals surface area contributed by atoms with Gasteiger partial charge in [-0.3, -0.25) is 14.5 Å². The van der Waals surface area contributed by atoms with Crippen molar-refractivity contribution in [1.29, 1.82) is 0 Å². The van der Waals surface area contributed by atoms with Gasteiger partial charge in [0.25, 0.3) is 5.91 Å². The summed E-state index contributed by atoms with van der Waals surface area (Å²) in [5.74, 6) is -0.571. The van der Waals surface area contributed by atoms with Crippen molar-refractivity contribution in [3.8, 4) is 0 Å². The van der Waals surface area contributed by atoms with Gasteiger partial charge in [0.1, 0.15) is 6.54 Å². The van der Waals surface area contributed by atoms with Crippen LogP contribution >= 0.6 is 0 Å². The van der Waals surface area contributed by atoms with Crippen LogP contribution in [0, 0.1) is 0 Å². The van der Waals surface area contributed by atoms with Crippen LogP contribution < -0.4 is 10.2 Å². The Bertz CT molecular complexity index is 1080. The molecule has 2 amide bonds. The lowest BCUT2D eigenvalue weighted by atomic mass is 10.1. The van der Waals surface area contributed by atoms with Crippen molar-refractivity contribution in [1.82, 2.24) is 9.62 Å². The first-order chi connectivity index (χ1) is 13.5. The second kappa shape index (κ2) is 7.42. The average molecular weight is 418 g/mol. The van der Waals surface area contributed by atoms with Crippen molar-refractivity contribution >= 4 is 38.3 Å². The Labute approximate surface area is 171 Å². The van der Waals surface area contributed by atoms with E-state index in [-0.39, 0.29) is 23.3 Å². The van der Waals surface area contributed by atoms with Crippen molar-refractivity contribution in [3.63, 3.8) is 0 Å². The molecule has 8 heteroatoms. The Morgan fingerprint density at radius 3 is 2.34 bits per heavy atom. The number of carbonyl (C=O) groups is 2. The van der Waals surface area contributed by atoms with Gasteiger partial charge in [0.05, 0.1) is 10.6 Å². The van der Waals surface area contributed by atoms with Crippen LogP contribution in [0.25, 0.3) is 10.8 Å². The fourth-order valence-electron chi connectivity index (χ4n) is 3.71. The standard InChI is InChI=1S/C21H27N3O4S/c1-6-23(7-2)29(27,28)17-12-11-16-19-14(17)9-8-10-15(19)20(26)24(16)13-18(25)22-21(3,4)5/h8-12H,6-7,13H2,1-5H3,(H,22,25). The maximum absolute atomic E-state index is 13.1. The Morgan fingerprint density at radius 1 is 1.10 bits per heavy atom. The van der Waals surface area contributed by atoms with Gasteiger partial charge in [-0.05, 0) is 39.0 Å². The first-order valence-electron chi connectivity index (χ1n) is 9.70. The maximum Gasteiger partial charge on any atom is 0.259 e. The molecule has 1 aliphatic rings. The molecule has 0 saturated heterocycles. The van der Waals surface area contributed by atoms with Crippen molar-refractivity contribution in [3.05, 3.63) is 35.9 Å². The Kier molecular flexibility index (Phi) is 5.44. The number of sulfonamides is 1. The van der Waals surface area contributed by atoms with E-state index in [2.05, 4.69) is 5.32 Å². The SMILES string of the molecule is CCN(CC)S(=O)(=O)c1ccc2c3c(cccc13)C(=O)N2CC(=O)NC(C)(C)C. The molecule has 29 heavy (non-hydrogen) atoms. The summed E-state index contributed by atoms with van der Waals surface area (Å²) in [6.45, 7) is 9.80. The van der Waals surface area contributed by atoms with Gasteiger partial charge in [0, 0.05) is 35.0 Å². The van der Waals surface area contributed by atoms with Gasteiger partial charge in [0.2, 0.25) is 15.9 Å². The minimum Gasteiger partial charge on any atom is -0.350 e. The second-order valence-corrected chi connectivity index (χ2v) is 10.00. The van der Waals surface area contributed by atoms with Crippen LogP contribution in [0.4, 0.5) is 5.69 Å². The molecule has 156 valence electrons. The van der Waals surface area contributed by atoms with E-state index in [1.807, 2.05) is 20.8 Å². The summed E-state index contributed by atoms with van der Waals surface area (Å²) in [7, 11) is -3.69. The zero-order valence-corrected chi connectivity index (χ0v) is 18.3. The molecule has 2 aromatic carbocycles. The highest BCUT2D eigenvalue weighted by atomic mass is 32.2. The lowest BCUT2D eigenvalue weighted by Crippen LogP contribution is -2.46. The summed E-state index contributed by atoms with van der Waals surface area (Å²) >= 11 is 0. The number of nitrogens with one attached hydrogen (secondary N) is 1. The van der Waals surface area contributed by atoms with Crippen molar-refractivity contribution < 1.29 is 18.0 Å². The minimum absolute atomic E-state index is 0.123. The van der Waals surface area contributed by atoms with Crippen LogP contribution in [0.2, 0.25) is 0 Å². The molecule has 7 nitrogen and oxygen atoms in total. The van der Waals surface area contributed by atoms with Crippen LogP contribution in [0.3, 0.4) is 0 Å². The zero-order chi connectivity index (χ0) is 21.6. The van der Waals surface area contributed by atoms with Gasteiger partial charge in [-0.2, -0.15) is 4.31 Å². The Balaban J connectivity index is 2.10. The van der Waals surface area contributed by atoms with E-state index >= 15 is 0 Å². The molecular weight excluding hydrogens is 390 g/mol. The largest absolute Gasteiger partial charge is 0.350 e. The molecule has 0 spiro atoms. The fourth-order valence-corrected chi connectivity index (χ4v) is 5.35. The number of rotatable bonds is 6. The van der Waals surface area contributed by atoms with Crippen molar-refractivity contribution in [2.24, 2.45) is 0 Å². The number of hydrogen-bond donors (Lipinski definition) is 1. The first-order valence-corrected chi connectivity index (χ1v) is 11.1. The fraction of sp³-hybridized carbons (Fsp3) is 0.429. The van der Waals surface area contributed by atoms with Crippen LogP contribution in [0.15, 0.2) is 35.2 Å². The normalized spacial score (nSPS) is 14.1. The zero-order valence-electron chi connectivity index (χ0n) is 17.4.